The number of halogens is 1. The van der Waals surface area contributed by atoms with E-state index in [-0.39, 0.29) is 11.2 Å². The number of nitrogens with zero attached hydrogens (tertiary/aromatic N) is 2. The van der Waals surface area contributed by atoms with Gasteiger partial charge in [-0.1, -0.05) is 35.9 Å². The fraction of sp³-hybridized carbons (Fsp3) is 0.222. The first kappa shape index (κ1) is 16.0. The second-order valence-electron chi connectivity index (χ2n) is 5.80. The molecule has 2 N–H and O–H groups in total. The molecule has 0 spiro atoms. The molecule has 0 fully saturated rings. The third kappa shape index (κ3) is 3.23. The van der Waals surface area contributed by atoms with Crippen LogP contribution in [0.15, 0.2) is 47.6 Å². The fourth-order valence-corrected chi connectivity index (χ4v) is 3.05. The van der Waals surface area contributed by atoms with E-state index in [0.717, 1.165) is 23.3 Å². The molecule has 3 nitrogen and oxygen atoms in total. The molecule has 23 heavy (non-hydrogen) atoms. The minimum Gasteiger partial charge on any atom is -0.375 e. The van der Waals surface area contributed by atoms with Crippen LogP contribution in [0.25, 0.3) is 0 Å². The van der Waals surface area contributed by atoms with Crippen molar-refractivity contribution in [3.05, 3.63) is 69.7 Å². The van der Waals surface area contributed by atoms with Crippen LogP contribution in [0.5, 0.6) is 0 Å². The van der Waals surface area contributed by atoms with Crippen molar-refractivity contribution in [3.8, 4) is 0 Å². The van der Waals surface area contributed by atoms with Gasteiger partial charge < -0.3 is 5.73 Å². The van der Waals surface area contributed by atoms with Crippen molar-refractivity contribution in [2.75, 3.05) is 0 Å². The lowest BCUT2D eigenvalue weighted by molar-refractivity contribution is 0.373. The summed E-state index contributed by atoms with van der Waals surface area (Å²) in [6, 6.07) is 14.1. The van der Waals surface area contributed by atoms with Gasteiger partial charge in [-0.05, 0) is 66.5 Å². The lowest BCUT2D eigenvalue weighted by Gasteiger charge is -2.21. The molecule has 1 unspecified atom stereocenters. The smallest absolute Gasteiger partial charge is 0.187 e. The summed E-state index contributed by atoms with van der Waals surface area (Å²) in [4.78, 5) is 0. The second kappa shape index (κ2) is 6.30. The molecule has 0 radical (unpaired) electrons. The van der Waals surface area contributed by atoms with Gasteiger partial charge in [0, 0.05) is 11.4 Å². The Morgan fingerprint density at radius 3 is 2.48 bits per heavy atom. The van der Waals surface area contributed by atoms with Gasteiger partial charge in [0.2, 0.25) is 0 Å². The third-order valence-corrected chi connectivity index (χ3v) is 4.67. The summed E-state index contributed by atoms with van der Waals surface area (Å²) in [5, 5.41) is 7.38. The summed E-state index contributed by atoms with van der Waals surface area (Å²) in [7, 11) is 0. The highest BCUT2D eigenvalue weighted by Gasteiger charge is 2.30. The van der Waals surface area contributed by atoms with Gasteiger partial charge in [-0.2, -0.15) is 5.10 Å². The number of hydrogen-bond donors (Lipinski definition) is 1. The van der Waals surface area contributed by atoms with E-state index in [2.05, 4.69) is 37.1 Å². The molecule has 1 aliphatic heterocycles. The van der Waals surface area contributed by atoms with Crippen LogP contribution >= 0.6 is 23.8 Å². The largest absolute Gasteiger partial charge is 0.375 e. The van der Waals surface area contributed by atoms with Crippen LogP contribution in [0, 0.1) is 13.8 Å². The minimum absolute atomic E-state index is 0.0152. The van der Waals surface area contributed by atoms with Gasteiger partial charge in [0.1, 0.15) is 0 Å². The van der Waals surface area contributed by atoms with Crippen molar-refractivity contribution < 1.29 is 0 Å². The number of thiocarbonyl (C=S) groups is 1. The molecule has 1 aliphatic rings. The molecule has 0 aromatic heterocycles. The zero-order valence-corrected chi connectivity index (χ0v) is 14.7. The summed E-state index contributed by atoms with van der Waals surface area (Å²) in [5.41, 5.74) is 11.6. The summed E-state index contributed by atoms with van der Waals surface area (Å²) in [6.07, 6.45) is 0.765. The molecule has 2 aromatic carbocycles. The van der Waals surface area contributed by atoms with Crippen LogP contribution in [0.2, 0.25) is 5.02 Å². The second-order valence-corrected chi connectivity index (χ2v) is 6.65. The maximum atomic E-state index is 5.98. The molecule has 0 saturated carbocycles. The Bertz CT molecular complexity index is 783. The van der Waals surface area contributed by atoms with Crippen molar-refractivity contribution in [1.29, 1.82) is 0 Å². The summed E-state index contributed by atoms with van der Waals surface area (Å²) < 4.78 is 0. The van der Waals surface area contributed by atoms with Crippen LogP contribution < -0.4 is 5.73 Å². The molecule has 5 heteroatoms. The number of nitrogens with two attached hydrogens (primary N) is 1. The summed E-state index contributed by atoms with van der Waals surface area (Å²) >= 11 is 11.2. The Morgan fingerprint density at radius 2 is 1.87 bits per heavy atom. The number of hydrogen-bond acceptors (Lipinski definition) is 2. The fourth-order valence-electron chi connectivity index (χ4n) is 2.75. The average Bonchev–Trinajstić information content (AvgIpc) is 2.96. The average molecular weight is 344 g/mol. The minimum atomic E-state index is 0.0152. The number of hydrazone groups is 1. The Balaban J connectivity index is 1.95. The van der Waals surface area contributed by atoms with Gasteiger partial charge in [0.15, 0.2) is 5.11 Å². The summed E-state index contributed by atoms with van der Waals surface area (Å²) in [5.74, 6) is 0. The summed E-state index contributed by atoms with van der Waals surface area (Å²) in [6.45, 7) is 4.21. The van der Waals surface area contributed by atoms with Crippen LogP contribution in [0.1, 0.15) is 34.7 Å². The lowest BCUT2D eigenvalue weighted by Crippen LogP contribution is -2.31. The highest BCUT2D eigenvalue weighted by atomic mass is 35.5. The predicted octanol–water partition coefficient (Wildman–Crippen LogP) is 4.35. The highest BCUT2D eigenvalue weighted by molar-refractivity contribution is 7.80. The van der Waals surface area contributed by atoms with Crippen LogP contribution in [0.4, 0.5) is 0 Å². The highest BCUT2D eigenvalue weighted by Crippen LogP contribution is 2.33. The Labute approximate surface area is 146 Å². The SMILES string of the molecule is Cc1ccc(C2=NN(C(N)=S)C(c3ccc(Cl)cc3)C2)cc1C. The normalized spacial score (nSPS) is 17.3. The number of benzene rings is 2. The zero-order chi connectivity index (χ0) is 16.6. The molecule has 0 aliphatic carbocycles. The van der Waals surface area contributed by atoms with E-state index in [1.165, 1.54) is 11.1 Å². The van der Waals surface area contributed by atoms with Gasteiger partial charge in [-0.25, -0.2) is 5.01 Å². The Kier molecular flexibility index (Phi) is 4.37. The monoisotopic (exact) mass is 343 g/mol. The van der Waals surface area contributed by atoms with Crippen molar-refractivity contribution in [3.63, 3.8) is 0 Å². The first-order valence-electron chi connectivity index (χ1n) is 7.45. The van der Waals surface area contributed by atoms with E-state index in [4.69, 9.17) is 29.6 Å². The zero-order valence-electron chi connectivity index (χ0n) is 13.1. The van der Waals surface area contributed by atoms with E-state index in [0.29, 0.717) is 5.02 Å². The van der Waals surface area contributed by atoms with Crippen molar-refractivity contribution in [2.45, 2.75) is 26.3 Å². The van der Waals surface area contributed by atoms with E-state index < -0.39 is 0 Å². The van der Waals surface area contributed by atoms with Crippen LogP contribution in [-0.4, -0.2) is 15.8 Å². The first-order valence-corrected chi connectivity index (χ1v) is 8.23. The third-order valence-electron chi connectivity index (χ3n) is 4.23. The molecular formula is C18H18ClN3S. The van der Waals surface area contributed by atoms with Crippen molar-refractivity contribution in [1.82, 2.24) is 5.01 Å². The van der Waals surface area contributed by atoms with E-state index in [9.17, 15) is 0 Å². The molecule has 3 rings (SSSR count). The standard InChI is InChI=1S/C18H18ClN3S/c1-11-3-4-14(9-12(11)2)16-10-17(22(21-16)18(20)23)13-5-7-15(19)8-6-13/h3-9,17H,10H2,1-2H3,(H2,20,23). The number of aryl methyl sites for hydroxylation is 2. The molecule has 0 bridgehead atoms. The Hall–Kier alpha value is -1.91. The number of rotatable bonds is 2. The van der Waals surface area contributed by atoms with Crippen molar-refractivity contribution >= 4 is 34.6 Å². The molecule has 1 heterocycles. The quantitative estimate of drug-likeness (QED) is 0.824. The first-order chi connectivity index (χ1) is 11.0. The predicted molar refractivity (Wildman–Crippen MR) is 99.9 cm³/mol. The van der Waals surface area contributed by atoms with E-state index in [1.54, 1.807) is 5.01 Å². The Morgan fingerprint density at radius 1 is 1.17 bits per heavy atom. The molecule has 0 amide bonds. The van der Waals surface area contributed by atoms with Gasteiger partial charge in [0.05, 0.1) is 11.8 Å². The maximum Gasteiger partial charge on any atom is 0.187 e. The van der Waals surface area contributed by atoms with Crippen LogP contribution in [0.3, 0.4) is 0 Å². The molecule has 118 valence electrons. The van der Waals surface area contributed by atoms with Gasteiger partial charge >= 0.3 is 0 Å². The topological polar surface area (TPSA) is 41.6 Å². The van der Waals surface area contributed by atoms with Gasteiger partial charge in [-0.3, -0.25) is 0 Å². The van der Waals surface area contributed by atoms with Crippen molar-refractivity contribution in [2.24, 2.45) is 10.8 Å². The van der Waals surface area contributed by atoms with Gasteiger partial charge in [-0.15, -0.1) is 0 Å². The molecular weight excluding hydrogens is 326 g/mol. The maximum absolute atomic E-state index is 5.98. The lowest BCUT2D eigenvalue weighted by atomic mass is 9.96. The van der Waals surface area contributed by atoms with Crippen LogP contribution in [-0.2, 0) is 0 Å². The van der Waals surface area contributed by atoms with Gasteiger partial charge in [0.25, 0.3) is 0 Å². The molecule has 0 saturated heterocycles. The molecule has 2 aromatic rings. The van der Waals surface area contributed by atoms with E-state index >= 15 is 0 Å². The molecule has 1 atom stereocenters. The van der Waals surface area contributed by atoms with E-state index in [1.807, 2.05) is 24.3 Å².